The van der Waals surface area contributed by atoms with Crippen molar-refractivity contribution in [2.45, 2.75) is 12.8 Å². The molecule has 88 valence electrons. The molecule has 1 rings (SSSR count). The normalized spacial score (nSPS) is 9.88. The number of carbonyl (C=O) groups excluding carboxylic acids is 1. The van der Waals surface area contributed by atoms with E-state index < -0.39 is 0 Å². The highest BCUT2D eigenvalue weighted by Gasteiger charge is 2.01. The van der Waals surface area contributed by atoms with Crippen LogP contribution in [0.25, 0.3) is 0 Å². The van der Waals surface area contributed by atoms with E-state index in [9.17, 15) is 4.79 Å². The van der Waals surface area contributed by atoms with E-state index in [1.807, 2.05) is 24.3 Å². The minimum Gasteiger partial charge on any atom is -0.492 e. The Labute approximate surface area is 103 Å². The number of halogens is 1. The monoisotopic (exact) mass is 286 g/mol. The highest BCUT2D eigenvalue weighted by molar-refractivity contribution is 9.10. The van der Waals surface area contributed by atoms with Crippen molar-refractivity contribution in [2.24, 2.45) is 0 Å². The SMILES string of the molecule is CNNC(=O)CCCOc1ccccc1Br. The predicted molar refractivity (Wildman–Crippen MR) is 66.1 cm³/mol. The van der Waals surface area contributed by atoms with Crippen molar-refractivity contribution in [3.8, 4) is 5.75 Å². The first-order chi connectivity index (χ1) is 7.74. The van der Waals surface area contributed by atoms with Gasteiger partial charge in [0.1, 0.15) is 5.75 Å². The van der Waals surface area contributed by atoms with Gasteiger partial charge in [0, 0.05) is 13.5 Å². The molecule has 0 spiro atoms. The minimum atomic E-state index is -0.0294. The smallest absolute Gasteiger partial charge is 0.234 e. The molecule has 0 atom stereocenters. The summed E-state index contributed by atoms with van der Waals surface area (Å²) in [7, 11) is 1.66. The second kappa shape index (κ2) is 7.24. The lowest BCUT2D eigenvalue weighted by Gasteiger charge is -2.07. The average Bonchev–Trinajstić information content (AvgIpc) is 2.27. The van der Waals surface area contributed by atoms with Gasteiger partial charge in [0.05, 0.1) is 11.1 Å². The number of ether oxygens (including phenoxy) is 1. The minimum absolute atomic E-state index is 0.0294. The topological polar surface area (TPSA) is 50.4 Å². The Morgan fingerprint density at radius 2 is 2.19 bits per heavy atom. The maximum absolute atomic E-state index is 11.1. The summed E-state index contributed by atoms with van der Waals surface area (Å²) < 4.78 is 6.44. The van der Waals surface area contributed by atoms with Gasteiger partial charge in [-0.2, -0.15) is 0 Å². The molecule has 2 N–H and O–H groups in total. The lowest BCUT2D eigenvalue weighted by Crippen LogP contribution is -2.34. The second-order valence-electron chi connectivity index (χ2n) is 3.18. The van der Waals surface area contributed by atoms with Gasteiger partial charge >= 0.3 is 0 Å². The van der Waals surface area contributed by atoms with Gasteiger partial charge in [-0.05, 0) is 34.5 Å². The van der Waals surface area contributed by atoms with Gasteiger partial charge in [-0.25, -0.2) is 5.43 Å². The molecule has 0 aromatic heterocycles. The Kier molecular flexibility index (Phi) is 5.88. The van der Waals surface area contributed by atoms with Gasteiger partial charge in [-0.3, -0.25) is 10.2 Å². The first-order valence-electron chi connectivity index (χ1n) is 5.07. The third-order valence-electron chi connectivity index (χ3n) is 1.91. The van der Waals surface area contributed by atoms with Crippen LogP contribution in [0.15, 0.2) is 28.7 Å². The van der Waals surface area contributed by atoms with Crippen LogP contribution < -0.4 is 15.6 Å². The third kappa shape index (κ3) is 4.63. The molecule has 1 aromatic carbocycles. The van der Waals surface area contributed by atoms with E-state index in [4.69, 9.17) is 4.74 Å². The van der Waals surface area contributed by atoms with Gasteiger partial charge in [0.15, 0.2) is 0 Å². The Balaban J connectivity index is 2.21. The molecule has 0 unspecified atom stereocenters. The molecular weight excluding hydrogens is 272 g/mol. The van der Waals surface area contributed by atoms with Crippen molar-refractivity contribution in [2.75, 3.05) is 13.7 Å². The zero-order valence-corrected chi connectivity index (χ0v) is 10.7. The first kappa shape index (κ1) is 13.0. The van der Waals surface area contributed by atoms with E-state index in [-0.39, 0.29) is 5.91 Å². The standard InChI is InChI=1S/C11H15BrN2O2/c1-13-14-11(15)7-4-8-16-10-6-3-2-5-9(10)12/h2-3,5-6,13H,4,7-8H2,1H3,(H,14,15). The van der Waals surface area contributed by atoms with E-state index in [1.165, 1.54) is 0 Å². The van der Waals surface area contributed by atoms with Crippen LogP contribution in [0.5, 0.6) is 5.75 Å². The summed E-state index contributed by atoms with van der Waals surface area (Å²) in [5.74, 6) is 0.773. The summed E-state index contributed by atoms with van der Waals surface area (Å²) in [5.41, 5.74) is 5.09. The number of para-hydroxylation sites is 1. The lowest BCUT2D eigenvalue weighted by atomic mass is 10.3. The summed E-state index contributed by atoms with van der Waals surface area (Å²) in [5, 5.41) is 0. The molecule has 0 aliphatic rings. The van der Waals surface area contributed by atoms with Crippen LogP contribution >= 0.6 is 15.9 Å². The van der Waals surface area contributed by atoms with Crippen LogP contribution in [0.1, 0.15) is 12.8 Å². The van der Waals surface area contributed by atoms with Gasteiger partial charge in [0.2, 0.25) is 5.91 Å². The zero-order chi connectivity index (χ0) is 11.8. The highest BCUT2D eigenvalue weighted by Crippen LogP contribution is 2.23. The number of hydrazine groups is 1. The molecule has 0 saturated carbocycles. The largest absolute Gasteiger partial charge is 0.492 e. The molecule has 0 aliphatic heterocycles. The van der Waals surface area contributed by atoms with E-state index in [0.717, 1.165) is 10.2 Å². The van der Waals surface area contributed by atoms with E-state index in [0.29, 0.717) is 19.4 Å². The third-order valence-corrected chi connectivity index (χ3v) is 2.56. The van der Waals surface area contributed by atoms with Crippen LogP contribution in [0.4, 0.5) is 0 Å². The van der Waals surface area contributed by atoms with Gasteiger partial charge in [-0.15, -0.1) is 0 Å². The number of amides is 1. The van der Waals surface area contributed by atoms with Crippen LogP contribution in [-0.4, -0.2) is 19.6 Å². The predicted octanol–water partition coefficient (Wildman–Crippen LogP) is 1.86. The summed E-state index contributed by atoms with van der Waals surface area (Å²) in [6.45, 7) is 0.528. The number of benzene rings is 1. The van der Waals surface area contributed by atoms with Crippen molar-refractivity contribution < 1.29 is 9.53 Å². The summed E-state index contributed by atoms with van der Waals surface area (Å²) in [4.78, 5) is 11.1. The first-order valence-corrected chi connectivity index (χ1v) is 5.86. The van der Waals surface area contributed by atoms with E-state index >= 15 is 0 Å². The quantitative estimate of drug-likeness (QED) is 0.620. The van der Waals surface area contributed by atoms with E-state index in [2.05, 4.69) is 26.8 Å². The molecule has 5 heteroatoms. The molecule has 0 aliphatic carbocycles. The Bertz CT molecular complexity index is 345. The van der Waals surface area contributed by atoms with Crippen LogP contribution in [0.3, 0.4) is 0 Å². The molecule has 1 amide bonds. The van der Waals surface area contributed by atoms with Crippen LogP contribution in [-0.2, 0) is 4.79 Å². The fourth-order valence-electron chi connectivity index (χ4n) is 1.18. The number of hydrogen-bond acceptors (Lipinski definition) is 3. The molecule has 0 saturated heterocycles. The number of rotatable bonds is 6. The molecule has 4 nitrogen and oxygen atoms in total. The zero-order valence-electron chi connectivity index (χ0n) is 9.13. The summed E-state index contributed by atoms with van der Waals surface area (Å²) in [6, 6.07) is 7.64. The lowest BCUT2D eigenvalue weighted by molar-refractivity contribution is -0.122. The average molecular weight is 287 g/mol. The van der Waals surface area contributed by atoms with Crippen molar-refractivity contribution in [1.29, 1.82) is 0 Å². The highest BCUT2D eigenvalue weighted by atomic mass is 79.9. The molecule has 0 fully saturated rings. The fraction of sp³-hybridized carbons (Fsp3) is 0.364. The molecule has 0 bridgehead atoms. The molecular formula is C11H15BrN2O2. The summed E-state index contributed by atoms with van der Waals surface area (Å²) in [6.07, 6.45) is 1.14. The van der Waals surface area contributed by atoms with Crippen LogP contribution in [0, 0.1) is 0 Å². The van der Waals surface area contributed by atoms with Crippen molar-refractivity contribution >= 4 is 21.8 Å². The number of hydrogen-bond donors (Lipinski definition) is 2. The molecule has 16 heavy (non-hydrogen) atoms. The Morgan fingerprint density at radius 1 is 1.44 bits per heavy atom. The Hall–Kier alpha value is -1.07. The molecule has 0 heterocycles. The van der Waals surface area contributed by atoms with Gasteiger partial charge in [-0.1, -0.05) is 12.1 Å². The number of nitrogens with one attached hydrogen (secondary N) is 2. The van der Waals surface area contributed by atoms with Crippen molar-refractivity contribution in [1.82, 2.24) is 10.9 Å². The van der Waals surface area contributed by atoms with Gasteiger partial charge in [0.25, 0.3) is 0 Å². The maximum atomic E-state index is 11.1. The Morgan fingerprint density at radius 3 is 2.88 bits per heavy atom. The van der Waals surface area contributed by atoms with Crippen LogP contribution in [0.2, 0.25) is 0 Å². The van der Waals surface area contributed by atoms with E-state index in [1.54, 1.807) is 7.05 Å². The number of carbonyl (C=O) groups is 1. The van der Waals surface area contributed by atoms with Gasteiger partial charge < -0.3 is 4.74 Å². The van der Waals surface area contributed by atoms with Crippen molar-refractivity contribution in [3.05, 3.63) is 28.7 Å². The molecule has 1 aromatic rings. The van der Waals surface area contributed by atoms with Crippen molar-refractivity contribution in [3.63, 3.8) is 0 Å². The second-order valence-corrected chi connectivity index (χ2v) is 4.03. The summed E-state index contributed by atoms with van der Waals surface area (Å²) >= 11 is 3.39. The maximum Gasteiger partial charge on any atom is 0.234 e. The fourth-order valence-corrected chi connectivity index (χ4v) is 1.58. The molecule has 0 radical (unpaired) electrons.